The zero-order chi connectivity index (χ0) is 14.5. The normalized spacial score (nSPS) is 19.1. The van der Waals surface area contributed by atoms with Crippen LogP contribution < -0.4 is 0 Å². The summed E-state index contributed by atoms with van der Waals surface area (Å²) in [6.45, 7) is 2.69. The van der Waals surface area contributed by atoms with Crippen LogP contribution in [0.25, 0.3) is 0 Å². The van der Waals surface area contributed by atoms with Gasteiger partial charge in [0.05, 0.1) is 23.7 Å². The van der Waals surface area contributed by atoms with Crippen LogP contribution in [0.4, 0.5) is 0 Å². The van der Waals surface area contributed by atoms with E-state index in [1.54, 1.807) is 22.9 Å². The first kappa shape index (κ1) is 15.3. The summed E-state index contributed by atoms with van der Waals surface area (Å²) in [5.41, 5.74) is 0. The topological polar surface area (TPSA) is 70.5 Å². The lowest BCUT2D eigenvalue weighted by Crippen LogP contribution is -2.46. The van der Waals surface area contributed by atoms with E-state index in [-0.39, 0.29) is 18.4 Å². The van der Waals surface area contributed by atoms with E-state index in [1.165, 1.54) is 11.3 Å². The molecule has 1 saturated heterocycles. The van der Waals surface area contributed by atoms with Gasteiger partial charge in [0.25, 0.3) is 5.91 Å². The standard InChI is InChI=1S/C13H18N2O3S2/c1-2-3-11-14-7-10(20-11)13(18)15-4-5-19-8-9(15)6-12(16)17/h7,9H,2-6,8H2,1H3,(H,16,17). The van der Waals surface area contributed by atoms with Crippen LogP contribution in [0.5, 0.6) is 0 Å². The summed E-state index contributed by atoms with van der Waals surface area (Å²) < 4.78 is 0. The van der Waals surface area contributed by atoms with Crippen LogP contribution in [0, 0.1) is 0 Å². The van der Waals surface area contributed by atoms with E-state index in [0.717, 1.165) is 23.6 Å². The van der Waals surface area contributed by atoms with Gasteiger partial charge in [-0.2, -0.15) is 11.8 Å². The molecule has 2 heterocycles. The molecule has 20 heavy (non-hydrogen) atoms. The number of hydrogen-bond donors (Lipinski definition) is 1. The van der Waals surface area contributed by atoms with Crippen molar-refractivity contribution in [3.05, 3.63) is 16.1 Å². The second-order valence-corrected chi connectivity index (χ2v) is 6.96. The quantitative estimate of drug-likeness (QED) is 0.901. The second-order valence-electron chi connectivity index (χ2n) is 4.69. The minimum Gasteiger partial charge on any atom is -0.481 e. The maximum absolute atomic E-state index is 12.5. The zero-order valence-corrected chi connectivity index (χ0v) is 13.0. The lowest BCUT2D eigenvalue weighted by Gasteiger charge is -2.34. The molecule has 0 spiro atoms. The van der Waals surface area contributed by atoms with Gasteiger partial charge in [0.2, 0.25) is 0 Å². The van der Waals surface area contributed by atoms with Crippen LogP contribution in [0.15, 0.2) is 6.20 Å². The van der Waals surface area contributed by atoms with Crippen molar-refractivity contribution >= 4 is 35.0 Å². The number of aliphatic carboxylic acids is 1. The first-order valence-corrected chi connectivity index (χ1v) is 8.64. The Morgan fingerprint density at radius 1 is 1.55 bits per heavy atom. The summed E-state index contributed by atoms with van der Waals surface area (Å²) in [4.78, 5) is 30.0. The van der Waals surface area contributed by atoms with Gasteiger partial charge in [0, 0.05) is 18.1 Å². The number of aromatic nitrogens is 1. The van der Waals surface area contributed by atoms with Crippen LogP contribution in [-0.2, 0) is 11.2 Å². The minimum absolute atomic E-state index is 0.0133. The van der Waals surface area contributed by atoms with Crippen LogP contribution in [-0.4, -0.2) is 51.0 Å². The average Bonchev–Trinajstić information content (AvgIpc) is 2.87. The second kappa shape index (κ2) is 7.08. The molecule has 110 valence electrons. The highest BCUT2D eigenvalue weighted by molar-refractivity contribution is 7.99. The predicted octanol–water partition coefficient (Wildman–Crippen LogP) is 2.13. The van der Waals surface area contributed by atoms with Gasteiger partial charge in [-0.3, -0.25) is 9.59 Å². The van der Waals surface area contributed by atoms with E-state index in [9.17, 15) is 9.59 Å². The van der Waals surface area contributed by atoms with Crippen LogP contribution in [0.2, 0.25) is 0 Å². The number of hydrogen-bond acceptors (Lipinski definition) is 5. The molecule has 1 atom stereocenters. The highest BCUT2D eigenvalue weighted by atomic mass is 32.2. The van der Waals surface area contributed by atoms with E-state index in [1.807, 2.05) is 0 Å². The van der Waals surface area contributed by atoms with Gasteiger partial charge < -0.3 is 10.0 Å². The molecule has 0 aromatic carbocycles. The molecule has 5 nitrogen and oxygen atoms in total. The van der Waals surface area contributed by atoms with Crippen molar-refractivity contribution in [3.63, 3.8) is 0 Å². The number of carboxylic acid groups (broad SMARTS) is 1. The molecule has 1 unspecified atom stereocenters. The smallest absolute Gasteiger partial charge is 0.305 e. The number of amides is 1. The summed E-state index contributed by atoms with van der Waals surface area (Å²) in [7, 11) is 0. The third-order valence-electron chi connectivity index (χ3n) is 3.13. The fraction of sp³-hybridized carbons (Fsp3) is 0.615. The van der Waals surface area contributed by atoms with Crippen molar-refractivity contribution in [2.75, 3.05) is 18.1 Å². The monoisotopic (exact) mass is 314 g/mol. The summed E-state index contributed by atoms with van der Waals surface area (Å²) >= 11 is 3.13. The van der Waals surface area contributed by atoms with E-state index >= 15 is 0 Å². The fourth-order valence-corrected chi connectivity index (χ4v) is 4.21. The number of carbonyl (C=O) groups is 2. The Labute approximate surface area is 126 Å². The van der Waals surface area contributed by atoms with Crippen molar-refractivity contribution < 1.29 is 14.7 Å². The van der Waals surface area contributed by atoms with Gasteiger partial charge in [-0.05, 0) is 12.8 Å². The molecule has 2 rings (SSSR count). The van der Waals surface area contributed by atoms with Crippen molar-refractivity contribution in [1.82, 2.24) is 9.88 Å². The Kier molecular flexibility index (Phi) is 5.42. The van der Waals surface area contributed by atoms with Crippen LogP contribution in [0.1, 0.15) is 34.4 Å². The first-order valence-electron chi connectivity index (χ1n) is 6.67. The van der Waals surface area contributed by atoms with Gasteiger partial charge in [0.15, 0.2) is 0 Å². The summed E-state index contributed by atoms with van der Waals surface area (Å²) in [5.74, 6) is 0.629. The molecule has 0 aliphatic carbocycles. The Morgan fingerprint density at radius 2 is 2.35 bits per heavy atom. The van der Waals surface area contributed by atoms with Crippen molar-refractivity contribution in [1.29, 1.82) is 0 Å². The molecule has 0 bridgehead atoms. The molecule has 1 N–H and O–H groups in total. The molecule has 1 aromatic heterocycles. The van der Waals surface area contributed by atoms with E-state index in [2.05, 4.69) is 11.9 Å². The van der Waals surface area contributed by atoms with Gasteiger partial charge in [-0.15, -0.1) is 11.3 Å². The third kappa shape index (κ3) is 3.73. The lowest BCUT2D eigenvalue weighted by molar-refractivity contribution is -0.138. The highest BCUT2D eigenvalue weighted by Gasteiger charge is 2.30. The molecule has 1 amide bonds. The minimum atomic E-state index is -0.855. The van der Waals surface area contributed by atoms with E-state index in [0.29, 0.717) is 17.2 Å². The maximum atomic E-state index is 12.5. The SMILES string of the molecule is CCCc1ncc(C(=O)N2CCSCC2CC(=O)O)s1. The molecule has 1 aromatic rings. The number of aryl methyl sites for hydroxylation is 1. The highest BCUT2D eigenvalue weighted by Crippen LogP contribution is 2.24. The molecule has 0 saturated carbocycles. The Balaban J connectivity index is 2.09. The molecule has 1 fully saturated rings. The Hall–Kier alpha value is -1.08. The molecule has 1 aliphatic rings. The molecule has 1 aliphatic heterocycles. The first-order chi connectivity index (χ1) is 9.61. The van der Waals surface area contributed by atoms with Crippen LogP contribution in [0.3, 0.4) is 0 Å². The van der Waals surface area contributed by atoms with Crippen molar-refractivity contribution in [2.24, 2.45) is 0 Å². The van der Waals surface area contributed by atoms with Gasteiger partial charge in [-0.25, -0.2) is 4.98 Å². The van der Waals surface area contributed by atoms with Crippen LogP contribution >= 0.6 is 23.1 Å². The lowest BCUT2D eigenvalue weighted by atomic mass is 10.2. The zero-order valence-electron chi connectivity index (χ0n) is 11.4. The fourth-order valence-electron chi connectivity index (χ4n) is 2.17. The molecular formula is C13H18N2O3S2. The number of carboxylic acids is 1. The molecule has 0 radical (unpaired) electrons. The van der Waals surface area contributed by atoms with E-state index in [4.69, 9.17) is 5.11 Å². The summed E-state index contributed by atoms with van der Waals surface area (Å²) in [6.07, 6.45) is 3.52. The predicted molar refractivity (Wildman–Crippen MR) is 80.5 cm³/mol. The number of carbonyl (C=O) groups excluding carboxylic acids is 1. The van der Waals surface area contributed by atoms with Crippen molar-refractivity contribution in [2.45, 2.75) is 32.2 Å². The number of nitrogens with zero attached hydrogens (tertiary/aromatic N) is 2. The number of rotatable bonds is 5. The van der Waals surface area contributed by atoms with Crippen molar-refractivity contribution in [3.8, 4) is 0 Å². The third-order valence-corrected chi connectivity index (χ3v) is 5.26. The summed E-state index contributed by atoms with van der Waals surface area (Å²) in [6, 6.07) is -0.213. The van der Waals surface area contributed by atoms with Gasteiger partial charge >= 0.3 is 5.97 Å². The van der Waals surface area contributed by atoms with Gasteiger partial charge in [0.1, 0.15) is 4.88 Å². The largest absolute Gasteiger partial charge is 0.481 e. The maximum Gasteiger partial charge on any atom is 0.305 e. The molecular weight excluding hydrogens is 296 g/mol. The van der Waals surface area contributed by atoms with Gasteiger partial charge in [-0.1, -0.05) is 6.92 Å². The average molecular weight is 314 g/mol. The molecule has 7 heteroatoms. The summed E-state index contributed by atoms with van der Waals surface area (Å²) in [5, 5.41) is 9.92. The Morgan fingerprint density at radius 3 is 3.05 bits per heavy atom. The Bertz CT molecular complexity index is 490. The van der Waals surface area contributed by atoms with E-state index < -0.39 is 5.97 Å². The number of thioether (sulfide) groups is 1. The number of thiazole rings is 1.